The van der Waals surface area contributed by atoms with Crippen LogP contribution in [0.3, 0.4) is 0 Å². The van der Waals surface area contributed by atoms with Gasteiger partial charge in [0.15, 0.2) is 5.75 Å². The normalized spacial score (nSPS) is 14.6. The minimum Gasteiger partial charge on any atom is -0.616 e. The fourth-order valence-electron chi connectivity index (χ4n) is 4.53. The number of carbonyl (C=O) groups excluding carboxylic acids is 2. The summed E-state index contributed by atoms with van der Waals surface area (Å²) in [5.41, 5.74) is 1.93. The average Bonchev–Trinajstić information content (AvgIpc) is 2.87. The molecule has 12 heteroatoms. The highest BCUT2D eigenvalue weighted by molar-refractivity contribution is 7.92. The van der Waals surface area contributed by atoms with Crippen molar-refractivity contribution in [3.63, 3.8) is 0 Å². The van der Waals surface area contributed by atoms with E-state index in [9.17, 15) is 22.6 Å². The fraction of sp³-hybridized carbons (Fsp3) is 0.357. The number of sulfonamides is 1. The number of carbonyl (C=O) groups is 2. The molecule has 0 aliphatic carbocycles. The predicted octanol–water partition coefficient (Wildman–Crippen LogP) is 4.37. The van der Waals surface area contributed by atoms with Crippen LogP contribution in [-0.4, -0.2) is 67.8 Å². The van der Waals surface area contributed by atoms with Gasteiger partial charge in [0, 0.05) is 10.9 Å². The summed E-state index contributed by atoms with van der Waals surface area (Å²) in [7, 11) is -2.22. The minimum atomic E-state index is -3.62. The number of fused-ring (bicyclic) bond motifs is 1. The van der Waals surface area contributed by atoms with Gasteiger partial charge in [0.2, 0.25) is 10.0 Å². The molecule has 3 aromatic rings. The van der Waals surface area contributed by atoms with Crippen molar-refractivity contribution in [3.05, 3.63) is 59.7 Å². The second kappa shape index (κ2) is 11.6. The number of methoxy groups -OCH3 is 1. The van der Waals surface area contributed by atoms with Crippen LogP contribution in [-0.2, 0) is 26.6 Å². The Morgan fingerprint density at radius 3 is 2.15 bits per heavy atom. The van der Waals surface area contributed by atoms with Crippen molar-refractivity contribution in [1.29, 1.82) is 0 Å². The van der Waals surface area contributed by atoms with E-state index in [4.69, 9.17) is 4.74 Å². The van der Waals surface area contributed by atoms with Crippen LogP contribution in [0.4, 0.5) is 21.9 Å². The summed E-state index contributed by atoms with van der Waals surface area (Å²) < 4.78 is 43.7. The van der Waals surface area contributed by atoms with Gasteiger partial charge in [-0.1, -0.05) is 56.2 Å². The van der Waals surface area contributed by atoms with E-state index in [0.29, 0.717) is 46.6 Å². The maximum atomic E-state index is 13.3. The first-order chi connectivity index (χ1) is 18.8. The zero-order chi connectivity index (χ0) is 29.2. The lowest BCUT2D eigenvalue weighted by atomic mass is 9.86. The van der Waals surface area contributed by atoms with E-state index in [-0.39, 0.29) is 28.4 Å². The van der Waals surface area contributed by atoms with E-state index in [2.05, 4.69) is 15.4 Å². The van der Waals surface area contributed by atoms with Crippen molar-refractivity contribution >= 4 is 61.0 Å². The van der Waals surface area contributed by atoms with Crippen LogP contribution in [0.25, 0.3) is 10.8 Å². The molecular formula is C28H34N4O6S2. The van der Waals surface area contributed by atoms with Crippen molar-refractivity contribution in [2.75, 3.05) is 53.3 Å². The minimum absolute atomic E-state index is 0.140. The van der Waals surface area contributed by atoms with Crippen molar-refractivity contribution in [2.24, 2.45) is 0 Å². The molecule has 1 saturated heterocycles. The first kappa shape index (κ1) is 29.5. The summed E-state index contributed by atoms with van der Waals surface area (Å²) in [6, 6.07) is 13.5. The molecule has 0 saturated carbocycles. The Hall–Kier alpha value is -3.48. The van der Waals surface area contributed by atoms with Gasteiger partial charge < -0.3 is 24.8 Å². The zero-order valence-corrected chi connectivity index (χ0v) is 24.8. The Morgan fingerprint density at radius 1 is 0.950 bits per heavy atom. The standard InChI is InChI=1S/C28H34N4O6S2/c1-28(2,3)18-16-23(25(38-4)24(17-18)31-40(5,36)37)30-27(34)29-22-11-10-21(19-8-6-7-9-20(19)22)26(33)32-12-14-39(35)15-13-32/h6-11,16-17,31H,12-15H2,1-5H3,(H2,29,30,34). The topological polar surface area (TPSA) is 140 Å². The first-order valence-electron chi connectivity index (χ1n) is 12.7. The van der Waals surface area contributed by atoms with Gasteiger partial charge in [0.25, 0.3) is 5.91 Å². The molecule has 0 spiro atoms. The number of ether oxygens (including phenoxy) is 1. The fourth-order valence-corrected chi connectivity index (χ4v) is 6.14. The number of hydrogen-bond donors (Lipinski definition) is 3. The maximum absolute atomic E-state index is 13.3. The molecule has 3 N–H and O–H groups in total. The Kier molecular flexibility index (Phi) is 8.52. The van der Waals surface area contributed by atoms with Crippen molar-refractivity contribution in [1.82, 2.24) is 4.90 Å². The van der Waals surface area contributed by atoms with Gasteiger partial charge in [-0.3, -0.25) is 9.52 Å². The van der Waals surface area contributed by atoms with Gasteiger partial charge in [-0.05, 0) is 40.6 Å². The highest BCUT2D eigenvalue weighted by Crippen LogP contribution is 2.39. The molecular weight excluding hydrogens is 552 g/mol. The quantitative estimate of drug-likeness (QED) is 0.367. The Bertz CT molecular complexity index is 1540. The lowest BCUT2D eigenvalue weighted by Gasteiger charge is -2.28. The maximum Gasteiger partial charge on any atom is 0.323 e. The Morgan fingerprint density at radius 2 is 1.55 bits per heavy atom. The van der Waals surface area contributed by atoms with E-state index < -0.39 is 27.2 Å². The van der Waals surface area contributed by atoms with Crippen LogP contribution in [0, 0.1) is 0 Å². The Labute approximate surface area is 237 Å². The predicted molar refractivity (Wildman–Crippen MR) is 161 cm³/mol. The molecule has 1 fully saturated rings. The zero-order valence-electron chi connectivity index (χ0n) is 23.2. The summed E-state index contributed by atoms with van der Waals surface area (Å²) in [5, 5.41) is 7.01. The number of rotatable bonds is 6. The Balaban J connectivity index is 1.64. The molecule has 4 rings (SSSR count). The van der Waals surface area contributed by atoms with Crippen LogP contribution in [0.15, 0.2) is 48.5 Å². The summed E-state index contributed by atoms with van der Waals surface area (Å²) >= 11 is -0.895. The second-order valence-corrected chi connectivity index (χ2v) is 14.1. The third-order valence-corrected chi connectivity index (χ3v) is 8.44. The summed E-state index contributed by atoms with van der Waals surface area (Å²) in [4.78, 5) is 28.2. The SMILES string of the molecule is COc1c(NC(=O)Nc2ccc(C(=O)N3CC[S+]([O-])CC3)c3ccccc23)cc(C(C)(C)C)cc1NS(C)(=O)=O. The van der Waals surface area contributed by atoms with Crippen LogP contribution >= 0.6 is 0 Å². The van der Waals surface area contributed by atoms with Crippen LogP contribution in [0.2, 0.25) is 0 Å². The number of urea groups is 1. The summed E-state index contributed by atoms with van der Waals surface area (Å²) in [6.07, 6.45) is 1.04. The van der Waals surface area contributed by atoms with E-state index >= 15 is 0 Å². The lowest BCUT2D eigenvalue weighted by molar-refractivity contribution is 0.0772. The molecule has 0 unspecified atom stereocenters. The molecule has 214 valence electrons. The highest BCUT2D eigenvalue weighted by atomic mass is 32.2. The monoisotopic (exact) mass is 586 g/mol. The number of nitrogens with one attached hydrogen (secondary N) is 3. The first-order valence-corrected chi connectivity index (χ1v) is 16.1. The molecule has 1 aliphatic rings. The van der Waals surface area contributed by atoms with E-state index in [1.165, 1.54) is 7.11 Å². The van der Waals surface area contributed by atoms with Gasteiger partial charge >= 0.3 is 6.03 Å². The van der Waals surface area contributed by atoms with Gasteiger partial charge in [-0.2, -0.15) is 0 Å². The van der Waals surface area contributed by atoms with Crippen LogP contribution in [0.5, 0.6) is 5.75 Å². The molecule has 0 atom stereocenters. The molecule has 0 bridgehead atoms. The largest absolute Gasteiger partial charge is 0.616 e. The van der Waals surface area contributed by atoms with E-state index in [1.807, 2.05) is 45.0 Å². The highest BCUT2D eigenvalue weighted by Gasteiger charge is 2.26. The number of nitrogens with zero attached hydrogens (tertiary/aromatic N) is 1. The van der Waals surface area contributed by atoms with Gasteiger partial charge in [0.05, 0.1) is 43.5 Å². The summed E-state index contributed by atoms with van der Waals surface area (Å²) in [5.74, 6) is 0.954. The molecule has 0 radical (unpaired) electrons. The van der Waals surface area contributed by atoms with Gasteiger partial charge in [0.1, 0.15) is 11.5 Å². The van der Waals surface area contributed by atoms with E-state index in [0.717, 1.165) is 11.8 Å². The molecule has 10 nitrogen and oxygen atoms in total. The molecule has 40 heavy (non-hydrogen) atoms. The smallest absolute Gasteiger partial charge is 0.323 e. The number of benzene rings is 3. The second-order valence-electron chi connectivity index (χ2n) is 10.7. The molecule has 1 heterocycles. The average molecular weight is 587 g/mol. The molecule has 3 aromatic carbocycles. The van der Waals surface area contributed by atoms with Crippen molar-refractivity contribution < 1.29 is 27.3 Å². The van der Waals surface area contributed by atoms with Crippen molar-refractivity contribution in [2.45, 2.75) is 26.2 Å². The lowest BCUT2D eigenvalue weighted by Crippen LogP contribution is -2.43. The number of amides is 3. The number of hydrogen-bond acceptors (Lipinski definition) is 6. The molecule has 1 aliphatic heterocycles. The van der Waals surface area contributed by atoms with E-state index in [1.54, 1.807) is 29.2 Å². The van der Waals surface area contributed by atoms with Gasteiger partial charge in [-0.15, -0.1) is 0 Å². The number of anilines is 3. The van der Waals surface area contributed by atoms with Crippen molar-refractivity contribution in [3.8, 4) is 5.75 Å². The third kappa shape index (κ3) is 6.80. The summed E-state index contributed by atoms with van der Waals surface area (Å²) in [6.45, 7) is 6.80. The van der Waals surface area contributed by atoms with Crippen LogP contribution in [0.1, 0.15) is 36.7 Å². The molecule has 0 aromatic heterocycles. The third-order valence-electron chi connectivity index (χ3n) is 6.57. The van der Waals surface area contributed by atoms with Gasteiger partial charge in [-0.25, -0.2) is 13.2 Å². The van der Waals surface area contributed by atoms with Crippen LogP contribution < -0.4 is 20.1 Å². The molecule has 3 amide bonds.